The minimum absolute atomic E-state index is 0.0532. The SMILES string of the molecule is CC[C@@H](Oc1ccc(C)c(C)c1)C(=O)NCC1(c2ccccc2)CCOCC1. The van der Waals surface area contributed by atoms with Gasteiger partial charge in [-0.3, -0.25) is 4.79 Å². The van der Waals surface area contributed by atoms with Gasteiger partial charge in [-0.25, -0.2) is 0 Å². The van der Waals surface area contributed by atoms with Gasteiger partial charge in [0.2, 0.25) is 0 Å². The van der Waals surface area contributed by atoms with Gasteiger partial charge in [-0.05, 0) is 61.9 Å². The van der Waals surface area contributed by atoms with Gasteiger partial charge in [-0.1, -0.05) is 43.3 Å². The van der Waals surface area contributed by atoms with Gasteiger partial charge < -0.3 is 14.8 Å². The van der Waals surface area contributed by atoms with Gasteiger partial charge >= 0.3 is 0 Å². The van der Waals surface area contributed by atoms with Crippen LogP contribution in [0.3, 0.4) is 0 Å². The molecule has 150 valence electrons. The highest BCUT2D eigenvalue weighted by atomic mass is 16.5. The molecule has 1 aliphatic rings. The first-order chi connectivity index (χ1) is 13.5. The Bertz CT molecular complexity index is 782. The van der Waals surface area contributed by atoms with Crippen molar-refractivity contribution in [3.63, 3.8) is 0 Å². The van der Waals surface area contributed by atoms with Crippen molar-refractivity contribution in [1.82, 2.24) is 5.32 Å². The van der Waals surface area contributed by atoms with E-state index in [-0.39, 0.29) is 11.3 Å². The Morgan fingerprint density at radius 2 is 1.82 bits per heavy atom. The molecule has 0 aromatic heterocycles. The lowest BCUT2D eigenvalue weighted by Gasteiger charge is -2.38. The average Bonchev–Trinajstić information content (AvgIpc) is 2.74. The van der Waals surface area contributed by atoms with Crippen molar-refractivity contribution in [2.75, 3.05) is 19.8 Å². The minimum atomic E-state index is -0.491. The van der Waals surface area contributed by atoms with Crippen LogP contribution < -0.4 is 10.1 Å². The topological polar surface area (TPSA) is 47.6 Å². The summed E-state index contributed by atoms with van der Waals surface area (Å²) in [4.78, 5) is 12.9. The minimum Gasteiger partial charge on any atom is -0.481 e. The van der Waals surface area contributed by atoms with Gasteiger partial charge in [-0.15, -0.1) is 0 Å². The van der Waals surface area contributed by atoms with Crippen LogP contribution in [-0.4, -0.2) is 31.8 Å². The second kappa shape index (κ2) is 9.24. The van der Waals surface area contributed by atoms with Gasteiger partial charge in [0.15, 0.2) is 6.10 Å². The molecule has 28 heavy (non-hydrogen) atoms. The van der Waals surface area contributed by atoms with Crippen molar-refractivity contribution in [3.8, 4) is 5.75 Å². The molecular formula is C24H31NO3. The molecule has 0 unspecified atom stereocenters. The fourth-order valence-electron chi connectivity index (χ4n) is 3.77. The maximum Gasteiger partial charge on any atom is 0.261 e. The molecule has 1 fully saturated rings. The number of aryl methyl sites for hydroxylation is 2. The van der Waals surface area contributed by atoms with E-state index < -0.39 is 6.10 Å². The third-order valence-electron chi connectivity index (χ3n) is 5.86. The molecule has 0 spiro atoms. The molecule has 4 heteroatoms. The molecule has 1 amide bonds. The summed E-state index contributed by atoms with van der Waals surface area (Å²) >= 11 is 0. The first-order valence-corrected chi connectivity index (χ1v) is 10.2. The number of carbonyl (C=O) groups is 1. The standard InChI is InChI=1S/C24H31NO3/c1-4-22(28-21-11-10-18(2)19(3)16-21)23(26)25-17-24(12-14-27-15-13-24)20-8-6-5-7-9-20/h5-11,16,22H,4,12-15,17H2,1-3H3,(H,25,26)/t22-/m1/s1. The molecule has 0 saturated carbocycles. The molecule has 1 saturated heterocycles. The van der Waals surface area contributed by atoms with E-state index in [4.69, 9.17) is 9.47 Å². The number of carbonyl (C=O) groups excluding carboxylic acids is 1. The number of benzene rings is 2. The Labute approximate surface area is 168 Å². The normalized spacial score (nSPS) is 17.0. The summed E-state index contributed by atoms with van der Waals surface area (Å²) in [6, 6.07) is 16.4. The second-order valence-corrected chi connectivity index (χ2v) is 7.74. The van der Waals surface area contributed by atoms with Crippen LogP contribution in [0.2, 0.25) is 0 Å². The molecule has 1 N–H and O–H groups in total. The number of hydrogen-bond acceptors (Lipinski definition) is 3. The van der Waals surface area contributed by atoms with E-state index >= 15 is 0 Å². The van der Waals surface area contributed by atoms with Crippen LogP contribution in [0.5, 0.6) is 5.75 Å². The molecule has 2 aromatic carbocycles. The van der Waals surface area contributed by atoms with Gasteiger partial charge in [0.05, 0.1) is 0 Å². The number of amides is 1. The lowest BCUT2D eigenvalue weighted by Crippen LogP contribution is -2.48. The molecule has 1 heterocycles. The van der Waals surface area contributed by atoms with Crippen LogP contribution in [0.4, 0.5) is 0 Å². The smallest absolute Gasteiger partial charge is 0.261 e. The van der Waals surface area contributed by atoms with Crippen molar-refractivity contribution < 1.29 is 14.3 Å². The molecule has 3 rings (SSSR count). The van der Waals surface area contributed by atoms with E-state index in [0.717, 1.165) is 37.4 Å². The van der Waals surface area contributed by atoms with E-state index in [1.807, 2.05) is 31.2 Å². The van der Waals surface area contributed by atoms with Crippen LogP contribution in [0.25, 0.3) is 0 Å². The first-order valence-electron chi connectivity index (χ1n) is 10.2. The van der Waals surface area contributed by atoms with E-state index in [2.05, 4.69) is 43.4 Å². The monoisotopic (exact) mass is 381 g/mol. The van der Waals surface area contributed by atoms with Gasteiger partial charge in [0.1, 0.15) is 5.75 Å². The largest absolute Gasteiger partial charge is 0.481 e. The third kappa shape index (κ3) is 4.74. The molecule has 4 nitrogen and oxygen atoms in total. The summed E-state index contributed by atoms with van der Waals surface area (Å²) in [5.41, 5.74) is 3.57. The van der Waals surface area contributed by atoms with E-state index in [1.54, 1.807) is 0 Å². The molecule has 2 aromatic rings. The number of ether oxygens (including phenoxy) is 2. The number of nitrogens with one attached hydrogen (secondary N) is 1. The predicted octanol–water partition coefficient (Wildman–Crippen LogP) is 4.33. The van der Waals surface area contributed by atoms with Crippen LogP contribution in [0.15, 0.2) is 48.5 Å². The van der Waals surface area contributed by atoms with Crippen molar-refractivity contribution in [2.24, 2.45) is 0 Å². The molecule has 1 atom stereocenters. The maximum atomic E-state index is 12.9. The highest BCUT2D eigenvalue weighted by Gasteiger charge is 2.35. The van der Waals surface area contributed by atoms with Gasteiger partial charge in [0, 0.05) is 25.2 Å². The van der Waals surface area contributed by atoms with Crippen molar-refractivity contribution >= 4 is 5.91 Å². The van der Waals surface area contributed by atoms with Crippen LogP contribution in [0.1, 0.15) is 42.9 Å². The first kappa shape index (κ1) is 20.4. The number of rotatable bonds is 7. The molecule has 0 radical (unpaired) electrons. The average molecular weight is 382 g/mol. The Morgan fingerprint density at radius 1 is 1.11 bits per heavy atom. The zero-order valence-electron chi connectivity index (χ0n) is 17.2. The molecule has 0 bridgehead atoms. The fraction of sp³-hybridized carbons (Fsp3) is 0.458. The fourth-order valence-corrected chi connectivity index (χ4v) is 3.77. The molecule has 1 aliphatic heterocycles. The van der Waals surface area contributed by atoms with Crippen LogP contribution >= 0.6 is 0 Å². The summed E-state index contributed by atoms with van der Waals surface area (Å²) in [6.45, 7) is 8.15. The summed E-state index contributed by atoms with van der Waals surface area (Å²) in [6.07, 6.45) is 1.95. The van der Waals surface area contributed by atoms with E-state index in [1.165, 1.54) is 11.1 Å². The summed E-state index contributed by atoms with van der Waals surface area (Å²) in [5, 5.41) is 3.17. The lowest BCUT2D eigenvalue weighted by molar-refractivity contribution is -0.128. The Hall–Kier alpha value is -2.33. The lowest BCUT2D eigenvalue weighted by atomic mass is 9.74. The zero-order valence-corrected chi connectivity index (χ0v) is 17.2. The molecular weight excluding hydrogens is 350 g/mol. The van der Waals surface area contributed by atoms with E-state index in [9.17, 15) is 4.79 Å². The highest BCUT2D eigenvalue weighted by molar-refractivity contribution is 5.81. The quantitative estimate of drug-likeness (QED) is 0.777. The van der Waals surface area contributed by atoms with Crippen LogP contribution in [-0.2, 0) is 14.9 Å². The summed E-state index contributed by atoms with van der Waals surface area (Å²) < 4.78 is 11.6. The Morgan fingerprint density at radius 3 is 2.46 bits per heavy atom. The highest BCUT2D eigenvalue weighted by Crippen LogP contribution is 2.34. The van der Waals surface area contributed by atoms with Crippen LogP contribution in [0, 0.1) is 13.8 Å². The number of hydrogen-bond donors (Lipinski definition) is 1. The second-order valence-electron chi connectivity index (χ2n) is 7.74. The molecule has 0 aliphatic carbocycles. The predicted molar refractivity (Wildman–Crippen MR) is 112 cm³/mol. The maximum absolute atomic E-state index is 12.9. The van der Waals surface area contributed by atoms with Crippen molar-refractivity contribution in [2.45, 2.75) is 51.6 Å². The summed E-state index contributed by atoms with van der Waals surface area (Å²) in [5.74, 6) is 0.691. The Kier molecular flexibility index (Phi) is 6.74. The zero-order chi connectivity index (χ0) is 20.0. The van der Waals surface area contributed by atoms with Gasteiger partial charge in [-0.2, -0.15) is 0 Å². The Balaban J connectivity index is 1.68. The van der Waals surface area contributed by atoms with Crippen molar-refractivity contribution in [3.05, 3.63) is 65.2 Å². The third-order valence-corrected chi connectivity index (χ3v) is 5.86. The summed E-state index contributed by atoms with van der Waals surface area (Å²) in [7, 11) is 0. The van der Waals surface area contributed by atoms with Crippen molar-refractivity contribution in [1.29, 1.82) is 0 Å². The van der Waals surface area contributed by atoms with E-state index in [0.29, 0.717) is 13.0 Å². The van der Waals surface area contributed by atoms with Gasteiger partial charge in [0.25, 0.3) is 5.91 Å².